The van der Waals surface area contributed by atoms with Crippen LogP contribution in [-0.2, 0) is 11.2 Å². The second kappa shape index (κ2) is 14.1. The fourth-order valence-corrected chi connectivity index (χ4v) is 3.36. The molecule has 30 heavy (non-hydrogen) atoms. The second-order valence-corrected chi connectivity index (χ2v) is 8.69. The topological polar surface area (TPSA) is 52.1 Å². The molecule has 1 atom stereocenters. The lowest BCUT2D eigenvalue weighted by Gasteiger charge is -2.07. The maximum Gasteiger partial charge on any atom is 0.338 e. The highest BCUT2D eigenvalue weighted by Gasteiger charge is 2.10. The summed E-state index contributed by atoms with van der Waals surface area (Å²) in [6, 6.07) is 7.15. The number of aryl methyl sites for hydroxylation is 1. The van der Waals surface area contributed by atoms with Crippen molar-refractivity contribution in [2.24, 2.45) is 0 Å². The van der Waals surface area contributed by atoms with E-state index < -0.39 is 0 Å². The van der Waals surface area contributed by atoms with Crippen LogP contribution in [0.3, 0.4) is 0 Å². The number of hydrogen-bond donors (Lipinski definition) is 0. The fraction of sp³-hybridized carbons (Fsp3) is 0.560. The Labute approximate surface area is 186 Å². The van der Waals surface area contributed by atoms with Crippen molar-refractivity contribution >= 4 is 17.6 Å². The van der Waals surface area contributed by atoms with Crippen molar-refractivity contribution in [2.75, 3.05) is 6.61 Å². The van der Waals surface area contributed by atoms with Gasteiger partial charge in [-0.25, -0.2) is 14.8 Å². The minimum absolute atomic E-state index is 0.198. The van der Waals surface area contributed by atoms with Gasteiger partial charge in [0.2, 0.25) is 0 Å². The first-order valence-electron chi connectivity index (χ1n) is 11.3. The van der Waals surface area contributed by atoms with Crippen LogP contribution in [0.2, 0.25) is 0 Å². The van der Waals surface area contributed by atoms with E-state index in [0.29, 0.717) is 11.4 Å². The summed E-state index contributed by atoms with van der Waals surface area (Å²) in [5.41, 5.74) is 2.56. The molecule has 0 unspecified atom stereocenters. The first kappa shape index (κ1) is 24.3. The summed E-state index contributed by atoms with van der Waals surface area (Å²) in [7, 11) is 0. The molecule has 2 rings (SSSR count). The molecule has 4 nitrogen and oxygen atoms in total. The van der Waals surface area contributed by atoms with Gasteiger partial charge < -0.3 is 4.74 Å². The quantitative estimate of drug-likeness (QED) is 0.184. The number of aromatic nitrogens is 2. The Hall–Kier alpha value is -1.94. The van der Waals surface area contributed by atoms with Crippen molar-refractivity contribution in [3.05, 3.63) is 47.8 Å². The number of alkyl halides is 1. The van der Waals surface area contributed by atoms with Crippen molar-refractivity contribution in [3.8, 4) is 11.4 Å². The maximum atomic E-state index is 12.0. The number of carbonyl (C=O) groups excluding carboxylic acids is 1. The predicted molar refractivity (Wildman–Crippen MR) is 124 cm³/mol. The normalized spacial score (nSPS) is 12.0. The molecule has 164 valence electrons. The van der Waals surface area contributed by atoms with E-state index >= 15 is 0 Å². The van der Waals surface area contributed by atoms with Gasteiger partial charge in [0.15, 0.2) is 5.82 Å². The average Bonchev–Trinajstić information content (AvgIpc) is 2.77. The number of unbranched alkanes of at least 4 members (excludes halogenated alkanes) is 8. The van der Waals surface area contributed by atoms with Crippen molar-refractivity contribution in [1.82, 2.24) is 9.97 Å². The third-order valence-corrected chi connectivity index (χ3v) is 5.22. The van der Waals surface area contributed by atoms with Crippen molar-refractivity contribution in [3.63, 3.8) is 0 Å². The number of hydrogen-bond acceptors (Lipinski definition) is 4. The van der Waals surface area contributed by atoms with Gasteiger partial charge in [-0.15, -0.1) is 11.6 Å². The number of esters is 1. The summed E-state index contributed by atoms with van der Waals surface area (Å²) in [6.07, 6.45) is 16.8. The summed E-state index contributed by atoms with van der Waals surface area (Å²) in [5, 5.41) is -0.198. The van der Waals surface area contributed by atoms with E-state index in [2.05, 4.69) is 16.9 Å². The first-order chi connectivity index (χ1) is 14.6. The molecule has 0 bridgehead atoms. The summed E-state index contributed by atoms with van der Waals surface area (Å²) in [5.74, 6) is 0.298. The molecule has 0 fully saturated rings. The van der Waals surface area contributed by atoms with Crippen LogP contribution in [0.4, 0.5) is 0 Å². The van der Waals surface area contributed by atoms with Crippen LogP contribution in [0.15, 0.2) is 36.7 Å². The first-order valence-corrected chi connectivity index (χ1v) is 11.8. The molecule has 0 saturated carbocycles. The Kier molecular flexibility index (Phi) is 11.5. The number of carbonyl (C=O) groups is 1. The standard InChI is InChI=1S/C25H35ClN2O2/c1-3-4-5-6-7-8-9-10-11-12-21-17-27-24(28-18-21)22-13-15-23(16-14-22)25(29)30-19-20(2)26/h13-18,20H,3-12,19H2,1-2H3/t20-/m1/s1. The molecular formula is C25H35ClN2O2. The second-order valence-electron chi connectivity index (χ2n) is 7.95. The molecule has 1 heterocycles. The Balaban J connectivity index is 1.71. The highest BCUT2D eigenvalue weighted by molar-refractivity contribution is 6.20. The molecule has 2 aromatic rings. The molecular weight excluding hydrogens is 396 g/mol. The summed E-state index contributed by atoms with van der Waals surface area (Å²) < 4.78 is 5.13. The van der Waals surface area contributed by atoms with Gasteiger partial charge in [-0.2, -0.15) is 0 Å². The molecule has 0 amide bonds. The SMILES string of the molecule is CCCCCCCCCCCc1cnc(-c2ccc(C(=O)OC[C@@H](C)Cl)cc2)nc1. The lowest BCUT2D eigenvalue weighted by atomic mass is 10.1. The molecule has 0 aliphatic carbocycles. The van der Waals surface area contributed by atoms with Gasteiger partial charge in [-0.05, 0) is 37.5 Å². The van der Waals surface area contributed by atoms with Gasteiger partial charge in [0.1, 0.15) is 6.61 Å². The molecule has 0 radical (unpaired) electrons. The molecule has 0 saturated heterocycles. The fourth-order valence-electron chi connectivity index (χ4n) is 3.30. The lowest BCUT2D eigenvalue weighted by molar-refractivity contribution is 0.0508. The van der Waals surface area contributed by atoms with Crippen LogP contribution in [0.25, 0.3) is 11.4 Å². The van der Waals surface area contributed by atoms with E-state index in [4.69, 9.17) is 16.3 Å². The van der Waals surface area contributed by atoms with Crippen LogP contribution < -0.4 is 0 Å². The van der Waals surface area contributed by atoms with E-state index in [1.807, 2.05) is 24.5 Å². The third kappa shape index (κ3) is 9.25. The van der Waals surface area contributed by atoms with Crippen molar-refractivity contribution < 1.29 is 9.53 Å². The van der Waals surface area contributed by atoms with Crippen LogP contribution >= 0.6 is 11.6 Å². The van der Waals surface area contributed by atoms with Gasteiger partial charge in [0, 0.05) is 18.0 Å². The Bertz CT molecular complexity index is 730. The highest BCUT2D eigenvalue weighted by Crippen LogP contribution is 2.17. The molecule has 0 spiro atoms. The smallest absolute Gasteiger partial charge is 0.338 e. The highest BCUT2D eigenvalue weighted by atomic mass is 35.5. The third-order valence-electron chi connectivity index (χ3n) is 5.10. The van der Waals surface area contributed by atoms with E-state index in [1.54, 1.807) is 19.1 Å². The Morgan fingerprint density at radius 1 is 0.933 bits per heavy atom. The molecule has 5 heteroatoms. The van der Waals surface area contributed by atoms with E-state index in [0.717, 1.165) is 12.0 Å². The maximum absolute atomic E-state index is 12.0. The molecule has 0 aliphatic heterocycles. The summed E-state index contributed by atoms with van der Waals surface area (Å²) in [6.45, 7) is 4.25. The van der Waals surface area contributed by atoms with Gasteiger partial charge in [-0.3, -0.25) is 0 Å². The predicted octanol–water partition coefficient (Wildman–Crippen LogP) is 7.00. The average molecular weight is 431 g/mol. The molecule has 0 aliphatic rings. The zero-order valence-electron chi connectivity index (χ0n) is 18.4. The Morgan fingerprint density at radius 3 is 2.07 bits per heavy atom. The molecule has 1 aromatic heterocycles. The number of ether oxygens (including phenoxy) is 1. The number of halogens is 1. The van der Waals surface area contributed by atoms with E-state index in [9.17, 15) is 4.79 Å². The van der Waals surface area contributed by atoms with Gasteiger partial charge in [0.25, 0.3) is 0 Å². The van der Waals surface area contributed by atoms with Crippen LogP contribution in [0, 0.1) is 0 Å². The van der Waals surface area contributed by atoms with E-state index in [-0.39, 0.29) is 18.0 Å². The number of benzene rings is 1. The Morgan fingerprint density at radius 2 is 1.50 bits per heavy atom. The van der Waals surface area contributed by atoms with Gasteiger partial charge in [-0.1, -0.05) is 70.4 Å². The monoisotopic (exact) mass is 430 g/mol. The number of rotatable bonds is 14. The van der Waals surface area contributed by atoms with Crippen molar-refractivity contribution in [1.29, 1.82) is 0 Å². The van der Waals surface area contributed by atoms with Gasteiger partial charge in [0.05, 0.1) is 10.9 Å². The van der Waals surface area contributed by atoms with Crippen LogP contribution in [0.1, 0.15) is 87.6 Å². The largest absolute Gasteiger partial charge is 0.461 e. The number of nitrogens with zero attached hydrogens (tertiary/aromatic N) is 2. The van der Waals surface area contributed by atoms with E-state index in [1.165, 1.54) is 63.4 Å². The lowest BCUT2D eigenvalue weighted by Crippen LogP contribution is -2.11. The summed E-state index contributed by atoms with van der Waals surface area (Å²) >= 11 is 5.81. The zero-order chi connectivity index (χ0) is 21.6. The zero-order valence-corrected chi connectivity index (χ0v) is 19.2. The van der Waals surface area contributed by atoms with Gasteiger partial charge >= 0.3 is 5.97 Å². The minimum Gasteiger partial charge on any atom is -0.461 e. The van der Waals surface area contributed by atoms with Crippen LogP contribution in [0.5, 0.6) is 0 Å². The van der Waals surface area contributed by atoms with Crippen molar-refractivity contribution in [2.45, 2.75) is 83.4 Å². The molecule has 0 N–H and O–H groups in total. The van der Waals surface area contributed by atoms with Crippen LogP contribution in [-0.4, -0.2) is 27.9 Å². The minimum atomic E-state index is -0.369. The molecule has 1 aromatic carbocycles. The summed E-state index contributed by atoms with van der Waals surface area (Å²) in [4.78, 5) is 20.9.